The first-order valence-electron chi connectivity index (χ1n) is 7.88. The third kappa shape index (κ3) is 4.24. The second-order valence-corrected chi connectivity index (χ2v) is 5.92. The molecule has 0 saturated carbocycles. The number of rotatable bonds is 7. The van der Waals surface area contributed by atoms with Gasteiger partial charge in [-0.15, -0.1) is 0 Å². The number of nitrogens with zero attached hydrogens (tertiary/aromatic N) is 1. The van der Waals surface area contributed by atoms with E-state index in [9.17, 15) is 14.4 Å². The van der Waals surface area contributed by atoms with E-state index in [-0.39, 0.29) is 37.2 Å². The fourth-order valence-electron chi connectivity index (χ4n) is 2.74. The van der Waals surface area contributed by atoms with E-state index in [0.717, 1.165) is 0 Å². The summed E-state index contributed by atoms with van der Waals surface area (Å²) in [5, 5.41) is 11.5. The molecular weight excluding hydrogens is 312 g/mol. The van der Waals surface area contributed by atoms with Crippen LogP contribution >= 0.6 is 0 Å². The molecule has 0 aliphatic carbocycles. The van der Waals surface area contributed by atoms with Crippen molar-refractivity contribution in [2.45, 2.75) is 32.2 Å². The van der Waals surface area contributed by atoms with Gasteiger partial charge < -0.3 is 20.1 Å². The zero-order chi connectivity index (χ0) is 17.7. The quantitative estimate of drug-likeness (QED) is 0.786. The molecule has 24 heavy (non-hydrogen) atoms. The van der Waals surface area contributed by atoms with E-state index in [1.165, 1.54) is 7.11 Å². The van der Waals surface area contributed by atoms with Crippen molar-refractivity contribution < 1.29 is 24.2 Å². The number of carboxylic acid groups (broad SMARTS) is 1. The van der Waals surface area contributed by atoms with Gasteiger partial charge in [0.1, 0.15) is 5.75 Å². The number of amides is 2. The van der Waals surface area contributed by atoms with Crippen LogP contribution in [-0.2, 0) is 14.4 Å². The summed E-state index contributed by atoms with van der Waals surface area (Å²) in [5.41, 5.74) is 0.652. The molecule has 130 valence electrons. The number of ether oxygens (including phenoxy) is 1. The predicted octanol–water partition coefficient (Wildman–Crippen LogP) is 1.42. The number of aliphatic carboxylic acids is 1. The van der Waals surface area contributed by atoms with E-state index < -0.39 is 11.9 Å². The molecule has 0 spiro atoms. The molecule has 2 unspecified atom stereocenters. The number of anilines is 1. The van der Waals surface area contributed by atoms with Crippen LogP contribution in [0.1, 0.15) is 26.2 Å². The standard InChI is InChI=1S/C17H22N2O5/c1-11(7-8-16(21)22)18-17(23)12-9-15(20)19(10-12)13-5-3-4-6-14(13)24-2/h3-6,11-12H,7-10H2,1-2H3,(H,18,23)(H,21,22). The Morgan fingerprint density at radius 1 is 1.42 bits per heavy atom. The van der Waals surface area contributed by atoms with Crippen molar-refractivity contribution in [3.8, 4) is 5.75 Å². The molecule has 2 rings (SSSR count). The summed E-state index contributed by atoms with van der Waals surface area (Å²) in [6.45, 7) is 2.05. The second-order valence-electron chi connectivity index (χ2n) is 5.92. The van der Waals surface area contributed by atoms with E-state index in [1.807, 2.05) is 12.1 Å². The van der Waals surface area contributed by atoms with Crippen LogP contribution in [-0.4, -0.2) is 42.6 Å². The van der Waals surface area contributed by atoms with Crippen molar-refractivity contribution in [2.75, 3.05) is 18.6 Å². The third-order valence-corrected chi connectivity index (χ3v) is 4.05. The van der Waals surface area contributed by atoms with Crippen LogP contribution < -0.4 is 15.0 Å². The molecular formula is C17H22N2O5. The summed E-state index contributed by atoms with van der Waals surface area (Å²) in [6.07, 6.45) is 0.492. The SMILES string of the molecule is COc1ccccc1N1CC(C(=O)NC(C)CCC(=O)O)CC1=O. The van der Waals surface area contributed by atoms with Crippen molar-refractivity contribution in [1.82, 2.24) is 5.32 Å². The zero-order valence-corrected chi connectivity index (χ0v) is 13.8. The van der Waals surface area contributed by atoms with Gasteiger partial charge in [-0.1, -0.05) is 12.1 Å². The smallest absolute Gasteiger partial charge is 0.303 e. The molecule has 0 aromatic heterocycles. The maximum Gasteiger partial charge on any atom is 0.303 e. The van der Waals surface area contributed by atoms with Gasteiger partial charge in [0.15, 0.2) is 0 Å². The highest BCUT2D eigenvalue weighted by molar-refractivity contribution is 6.01. The number of carbonyl (C=O) groups is 3. The Hall–Kier alpha value is -2.57. The number of benzene rings is 1. The lowest BCUT2D eigenvalue weighted by molar-refractivity contribution is -0.137. The number of hydrogen-bond acceptors (Lipinski definition) is 4. The van der Waals surface area contributed by atoms with Crippen molar-refractivity contribution in [3.05, 3.63) is 24.3 Å². The first-order valence-corrected chi connectivity index (χ1v) is 7.88. The molecule has 1 aliphatic heterocycles. The minimum absolute atomic E-state index is 0.00160. The van der Waals surface area contributed by atoms with Crippen LogP contribution in [0.4, 0.5) is 5.69 Å². The highest BCUT2D eigenvalue weighted by atomic mass is 16.5. The first-order chi connectivity index (χ1) is 11.4. The Bertz CT molecular complexity index is 631. The molecule has 7 heteroatoms. The number of hydrogen-bond donors (Lipinski definition) is 2. The Morgan fingerprint density at radius 3 is 2.79 bits per heavy atom. The molecule has 0 bridgehead atoms. The first kappa shape index (κ1) is 17.8. The molecule has 0 radical (unpaired) electrons. The molecule has 1 aliphatic rings. The fraction of sp³-hybridized carbons (Fsp3) is 0.471. The number of carboxylic acids is 1. The molecule has 2 amide bonds. The number of carbonyl (C=O) groups excluding carboxylic acids is 2. The summed E-state index contributed by atoms with van der Waals surface area (Å²) in [6, 6.07) is 6.93. The Kier molecular flexibility index (Phi) is 5.78. The van der Waals surface area contributed by atoms with Gasteiger partial charge in [0, 0.05) is 25.4 Å². The van der Waals surface area contributed by atoms with E-state index >= 15 is 0 Å². The van der Waals surface area contributed by atoms with Gasteiger partial charge in [0.25, 0.3) is 0 Å². The topological polar surface area (TPSA) is 95.9 Å². The monoisotopic (exact) mass is 334 g/mol. The molecule has 1 aromatic rings. The minimum Gasteiger partial charge on any atom is -0.495 e. The Labute approximate surface area is 140 Å². The van der Waals surface area contributed by atoms with Crippen LogP contribution in [0.5, 0.6) is 5.75 Å². The average molecular weight is 334 g/mol. The maximum absolute atomic E-state index is 12.3. The summed E-state index contributed by atoms with van der Waals surface area (Å²) in [7, 11) is 1.54. The largest absolute Gasteiger partial charge is 0.495 e. The van der Waals surface area contributed by atoms with Crippen molar-refractivity contribution in [2.24, 2.45) is 5.92 Å². The van der Waals surface area contributed by atoms with Gasteiger partial charge >= 0.3 is 5.97 Å². The van der Waals surface area contributed by atoms with E-state index in [1.54, 1.807) is 24.0 Å². The lowest BCUT2D eigenvalue weighted by Gasteiger charge is -2.20. The number of methoxy groups -OCH3 is 1. The summed E-state index contributed by atoms with van der Waals surface area (Å²) in [5.74, 6) is -1.11. The van der Waals surface area contributed by atoms with Crippen LogP contribution in [0.3, 0.4) is 0 Å². The average Bonchev–Trinajstić information content (AvgIpc) is 2.94. The highest BCUT2D eigenvalue weighted by Gasteiger charge is 2.36. The minimum atomic E-state index is -0.894. The van der Waals surface area contributed by atoms with E-state index in [4.69, 9.17) is 9.84 Å². The van der Waals surface area contributed by atoms with Crippen LogP contribution in [0, 0.1) is 5.92 Å². The zero-order valence-electron chi connectivity index (χ0n) is 13.8. The lowest BCUT2D eigenvalue weighted by Crippen LogP contribution is -2.38. The molecule has 1 aromatic carbocycles. The third-order valence-electron chi connectivity index (χ3n) is 4.05. The summed E-state index contributed by atoms with van der Waals surface area (Å²) >= 11 is 0. The van der Waals surface area contributed by atoms with Crippen LogP contribution in [0.15, 0.2) is 24.3 Å². The molecule has 2 atom stereocenters. The van der Waals surface area contributed by atoms with Gasteiger partial charge in [-0.2, -0.15) is 0 Å². The molecule has 2 N–H and O–H groups in total. The summed E-state index contributed by atoms with van der Waals surface area (Å²) in [4.78, 5) is 36.7. The molecule has 1 fully saturated rings. The van der Waals surface area contributed by atoms with Gasteiger partial charge in [-0.25, -0.2) is 0 Å². The number of nitrogens with one attached hydrogen (secondary N) is 1. The van der Waals surface area contributed by atoms with Crippen molar-refractivity contribution in [1.29, 1.82) is 0 Å². The Balaban J connectivity index is 1.99. The van der Waals surface area contributed by atoms with Crippen molar-refractivity contribution in [3.63, 3.8) is 0 Å². The number of para-hydroxylation sites is 2. The lowest BCUT2D eigenvalue weighted by atomic mass is 10.1. The van der Waals surface area contributed by atoms with E-state index in [0.29, 0.717) is 17.9 Å². The fourth-order valence-corrected chi connectivity index (χ4v) is 2.74. The second kappa shape index (κ2) is 7.81. The molecule has 7 nitrogen and oxygen atoms in total. The molecule has 1 saturated heterocycles. The van der Waals surface area contributed by atoms with Gasteiger partial charge in [0.2, 0.25) is 11.8 Å². The normalized spacial score (nSPS) is 18.3. The highest BCUT2D eigenvalue weighted by Crippen LogP contribution is 2.32. The van der Waals surface area contributed by atoms with Crippen LogP contribution in [0.2, 0.25) is 0 Å². The molecule has 1 heterocycles. The summed E-state index contributed by atoms with van der Waals surface area (Å²) < 4.78 is 5.27. The van der Waals surface area contributed by atoms with Crippen molar-refractivity contribution >= 4 is 23.5 Å². The maximum atomic E-state index is 12.3. The predicted molar refractivity (Wildman–Crippen MR) is 87.9 cm³/mol. The van der Waals surface area contributed by atoms with Gasteiger partial charge in [-0.05, 0) is 25.5 Å². The van der Waals surface area contributed by atoms with Gasteiger partial charge in [0.05, 0.1) is 18.7 Å². The van der Waals surface area contributed by atoms with Crippen LogP contribution in [0.25, 0.3) is 0 Å². The van der Waals surface area contributed by atoms with E-state index in [2.05, 4.69) is 5.32 Å². The Morgan fingerprint density at radius 2 is 2.12 bits per heavy atom. The van der Waals surface area contributed by atoms with Gasteiger partial charge in [-0.3, -0.25) is 14.4 Å².